The molecule has 2 amide bonds. The minimum atomic E-state index is -0.707. The van der Waals surface area contributed by atoms with Gasteiger partial charge in [0, 0.05) is 30.4 Å². The lowest BCUT2D eigenvalue weighted by Gasteiger charge is -2.28. The van der Waals surface area contributed by atoms with Gasteiger partial charge in [-0.1, -0.05) is 17.8 Å². The molecule has 2 aromatic rings. The third-order valence-corrected chi connectivity index (χ3v) is 5.10. The SMILES string of the molecule is CC(=O)Oc1ccc(/C=C2\Sc3cc(C=O)ccc3N(C(C)=O)C2=O)cc1[N+](=O)[O-]. The Hall–Kier alpha value is -3.79. The zero-order valence-electron chi connectivity index (χ0n) is 15.8. The van der Waals surface area contributed by atoms with Crippen LogP contribution in [0.4, 0.5) is 11.4 Å². The normalized spacial score (nSPS) is 14.3. The number of nitro benzene ring substituents is 1. The number of thioether (sulfide) groups is 1. The maximum absolute atomic E-state index is 12.9. The molecule has 2 aromatic carbocycles. The first-order valence-corrected chi connectivity index (χ1v) is 9.33. The lowest BCUT2D eigenvalue weighted by molar-refractivity contribution is -0.385. The molecular formula is C20H14N2O7S. The van der Waals surface area contributed by atoms with E-state index in [4.69, 9.17) is 4.74 Å². The molecule has 0 saturated carbocycles. The quantitative estimate of drug-likeness (QED) is 0.182. The Bertz CT molecular complexity index is 1140. The van der Waals surface area contributed by atoms with Gasteiger partial charge in [-0.2, -0.15) is 0 Å². The van der Waals surface area contributed by atoms with Gasteiger partial charge in [0.15, 0.2) is 0 Å². The van der Waals surface area contributed by atoms with Gasteiger partial charge in [0.25, 0.3) is 5.91 Å². The predicted octanol–water partition coefficient (Wildman–Crippen LogP) is 3.36. The van der Waals surface area contributed by atoms with Crippen molar-refractivity contribution >= 4 is 53.3 Å². The number of hydrogen-bond donors (Lipinski definition) is 0. The number of nitro groups is 1. The van der Waals surface area contributed by atoms with Crippen molar-refractivity contribution in [3.05, 3.63) is 62.5 Å². The second-order valence-corrected chi connectivity index (χ2v) is 7.28. The number of carbonyl (C=O) groups excluding carboxylic acids is 4. The third kappa shape index (κ3) is 4.13. The van der Waals surface area contributed by atoms with E-state index in [2.05, 4.69) is 0 Å². The topological polar surface area (TPSA) is 124 Å². The summed E-state index contributed by atoms with van der Waals surface area (Å²) in [5.74, 6) is -2.03. The molecule has 1 heterocycles. The van der Waals surface area contributed by atoms with Crippen LogP contribution in [-0.2, 0) is 14.4 Å². The highest BCUT2D eigenvalue weighted by Gasteiger charge is 2.32. The van der Waals surface area contributed by atoms with E-state index in [1.807, 2.05) is 0 Å². The van der Waals surface area contributed by atoms with Gasteiger partial charge in [0.1, 0.15) is 6.29 Å². The summed E-state index contributed by atoms with van der Waals surface area (Å²) < 4.78 is 4.83. The minimum absolute atomic E-state index is 0.135. The van der Waals surface area contributed by atoms with Crippen LogP contribution in [0.1, 0.15) is 29.8 Å². The molecule has 3 rings (SSSR count). The number of aldehydes is 1. The smallest absolute Gasteiger partial charge is 0.312 e. The summed E-state index contributed by atoms with van der Waals surface area (Å²) in [6.45, 7) is 2.36. The standard InChI is InChI=1S/C20H14N2O7S/c1-11(24)21-15-5-3-14(10-23)9-18(15)30-19(20(21)26)8-13-4-6-17(29-12(2)25)16(7-13)22(27)28/h3-10H,1-2H3/b19-8-. The molecule has 9 nitrogen and oxygen atoms in total. The van der Waals surface area contributed by atoms with Crippen LogP contribution >= 0.6 is 11.8 Å². The molecule has 0 atom stereocenters. The maximum atomic E-state index is 12.9. The van der Waals surface area contributed by atoms with E-state index in [0.29, 0.717) is 28.0 Å². The molecule has 0 aliphatic carbocycles. The van der Waals surface area contributed by atoms with Gasteiger partial charge >= 0.3 is 11.7 Å². The van der Waals surface area contributed by atoms with E-state index in [9.17, 15) is 29.3 Å². The van der Waals surface area contributed by atoms with Gasteiger partial charge in [-0.05, 0) is 35.9 Å². The first kappa shape index (κ1) is 20.9. The zero-order chi connectivity index (χ0) is 22.0. The number of hydrogen-bond acceptors (Lipinski definition) is 8. The van der Waals surface area contributed by atoms with Crippen LogP contribution in [0.5, 0.6) is 5.75 Å². The number of benzene rings is 2. The van der Waals surface area contributed by atoms with Crippen molar-refractivity contribution in [3.8, 4) is 5.75 Å². The predicted molar refractivity (Wildman–Crippen MR) is 108 cm³/mol. The first-order valence-electron chi connectivity index (χ1n) is 8.52. The highest BCUT2D eigenvalue weighted by atomic mass is 32.2. The van der Waals surface area contributed by atoms with Crippen LogP contribution in [0, 0.1) is 10.1 Å². The van der Waals surface area contributed by atoms with Crippen molar-refractivity contribution in [1.82, 2.24) is 0 Å². The average molecular weight is 426 g/mol. The van der Waals surface area contributed by atoms with Crippen LogP contribution in [-0.4, -0.2) is 29.0 Å². The van der Waals surface area contributed by atoms with Crippen LogP contribution < -0.4 is 9.64 Å². The van der Waals surface area contributed by atoms with Crippen molar-refractivity contribution in [2.45, 2.75) is 18.7 Å². The largest absolute Gasteiger partial charge is 0.419 e. The molecule has 10 heteroatoms. The number of ether oxygens (including phenoxy) is 1. The van der Waals surface area contributed by atoms with E-state index in [-0.39, 0.29) is 10.7 Å². The van der Waals surface area contributed by atoms with Crippen molar-refractivity contribution in [2.24, 2.45) is 0 Å². The third-order valence-electron chi connectivity index (χ3n) is 4.04. The number of amides is 2. The number of rotatable bonds is 4. The summed E-state index contributed by atoms with van der Waals surface area (Å²) in [7, 11) is 0. The lowest BCUT2D eigenvalue weighted by atomic mass is 10.1. The molecular weight excluding hydrogens is 412 g/mol. The van der Waals surface area contributed by atoms with Gasteiger partial charge < -0.3 is 4.74 Å². The second-order valence-electron chi connectivity index (χ2n) is 6.19. The Labute approximate surface area is 174 Å². The second kappa shape index (κ2) is 8.29. The number of fused-ring (bicyclic) bond motifs is 1. The molecule has 0 unspecified atom stereocenters. The van der Waals surface area contributed by atoms with E-state index >= 15 is 0 Å². The fourth-order valence-electron chi connectivity index (χ4n) is 2.82. The summed E-state index contributed by atoms with van der Waals surface area (Å²) in [6.07, 6.45) is 2.04. The molecule has 0 bridgehead atoms. The van der Waals surface area contributed by atoms with Crippen LogP contribution in [0.25, 0.3) is 6.08 Å². The molecule has 0 N–H and O–H groups in total. The van der Waals surface area contributed by atoms with Gasteiger partial charge in [0.05, 0.1) is 15.5 Å². The molecule has 0 saturated heterocycles. The Balaban J connectivity index is 2.08. The lowest BCUT2D eigenvalue weighted by Crippen LogP contribution is -2.38. The molecule has 0 aromatic heterocycles. The summed E-state index contributed by atoms with van der Waals surface area (Å²) in [5, 5.41) is 11.3. The molecule has 152 valence electrons. The number of carbonyl (C=O) groups is 4. The number of nitrogens with zero attached hydrogens (tertiary/aromatic N) is 2. The highest BCUT2D eigenvalue weighted by molar-refractivity contribution is 8.04. The molecule has 0 spiro atoms. The highest BCUT2D eigenvalue weighted by Crippen LogP contribution is 2.43. The molecule has 1 aliphatic heterocycles. The first-order chi connectivity index (χ1) is 14.2. The molecule has 30 heavy (non-hydrogen) atoms. The molecule has 1 aliphatic rings. The number of anilines is 1. The van der Waals surface area contributed by atoms with Crippen LogP contribution in [0.3, 0.4) is 0 Å². The fraction of sp³-hybridized carbons (Fsp3) is 0.100. The zero-order valence-corrected chi connectivity index (χ0v) is 16.6. The minimum Gasteiger partial charge on any atom is -0.419 e. The fourth-order valence-corrected chi connectivity index (χ4v) is 3.88. The van der Waals surface area contributed by atoms with Crippen molar-refractivity contribution in [2.75, 3.05) is 4.90 Å². The maximum Gasteiger partial charge on any atom is 0.312 e. The van der Waals surface area contributed by atoms with E-state index < -0.39 is 28.4 Å². The monoisotopic (exact) mass is 426 g/mol. The van der Waals surface area contributed by atoms with E-state index in [1.54, 1.807) is 6.07 Å². The van der Waals surface area contributed by atoms with Crippen molar-refractivity contribution in [1.29, 1.82) is 0 Å². The van der Waals surface area contributed by atoms with Gasteiger partial charge in [-0.15, -0.1) is 0 Å². The number of esters is 1. The summed E-state index contributed by atoms with van der Waals surface area (Å²) in [6, 6.07) is 8.43. The average Bonchev–Trinajstić information content (AvgIpc) is 2.68. The Morgan fingerprint density at radius 2 is 1.83 bits per heavy atom. The van der Waals surface area contributed by atoms with Crippen molar-refractivity contribution < 1.29 is 28.8 Å². The van der Waals surface area contributed by atoms with Gasteiger partial charge in [-0.3, -0.25) is 29.3 Å². The summed E-state index contributed by atoms with van der Waals surface area (Å²) in [4.78, 5) is 59.4. The molecule has 0 fully saturated rings. The Morgan fingerprint density at radius 1 is 1.13 bits per heavy atom. The van der Waals surface area contributed by atoms with E-state index in [0.717, 1.165) is 29.7 Å². The summed E-state index contributed by atoms with van der Waals surface area (Å²) in [5.41, 5.74) is 0.586. The van der Waals surface area contributed by atoms with Crippen molar-refractivity contribution in [3.63, 3.8) is 0 Å². The van der Waals surface area contributed by atoms with Crippen LogP contribution in [0.2, 0.25) is 0 Å². The van der Waals surface area contributed by atoms with E-state index in [1.165, 1.54) is 37.3 Å². The number of imide groups is 1. The summed E-state index contributed by atoms with van der Waals surface area (Å²) >= 11 is 1.04. The van der Waals surface area contributed by atoms with Gasteiger partial charge in [-0.25, -0.2) is 4.90 Å². The Kier molecular flexibility index (Phi) is 5.79. The molecule has 0 radical (unpaired) electrons. The van der Waals surface area contributed by atoms with Gasteiger partial charge in [0.2, 0.25) is 11.7 Å². The Morgan fingerprint density at radius 3 is 2.43 bits per heavy atom. The van der Waals surface area contributed by atoms with Crippen LogP contribution in [0.15, 0.2) is 46.2 Å².